The van der Waals surface area contributed by atoms with Crippen molar-refractivity contribution < 1.29 is 0 Å². The predicted molar refractivity (Wildman–Crippen MR) is 91.3 cm³/mol. The highest BCUT2D eigenvalue weighted by Gasteiger charge is 2.20. The van der Waals surface area contributed by atoms with E-state index < -0.39 is 0 Å². The molecular formula is C17H33N3. The van der Waals surface area contributed by atoms with E-state index in [0.717, 1.165) is 38.0 Å². The van der Waals surface area contributed by atoms with Gasteiger partial charge in [-0.3, -0.25) is 9.89 Å². The molecule has 0 radical (unpaired) electrons. The van der Waals surface area contributed by atoms with Gasteiger partial charge in [0.15, 0.2) is 0 Å². The highest BCUT2D eigenvalue weighted by atomic mass is 15.1. The molecule has 0 amide bonds. The number of aliphatic imine (C=N–C) groups is 1. The van der Waals surface area contributed by atoms with Crippen LogP contribution in [0.1, 0.15) is 54.4 Å². The van der Waals surface area contributed by atoms with Gasteiger partial charge in [-0.05, 0) is 39.7 Å². The van der Waals surface area contributed by atoms with Gasteiger partial charge in [0.1, 0.15) is 0 Å². The van der Waals surface area contributed by atoms with E-state index in [4.69, 9.17) is 5.73 Å². The number of nitrogens with two attached hydrogens (primary N) is 1. The van der Waals surface area contributed by atoms with E-state index in [0.29, 0.717) is 0 Å². The molecule has 0 spiro atoms. The minimum atomic E-state index is -0.0883. The van der Waals surface area contributed by atoms with E-state index in [1.54, 1.807) is 0 Å². The minimum absolute atomic E-state index is 0.0883. The molecular weight excluding hydrogens is 246 g/mol. The van der Waals surface area contributed by atoms with E-state index >= 15 is 0 Å². The summed E-state index contributed by atoms with van der Waals surface area (Å²) in [4.78, 5) is 6.92. The molecule has 0 saturated heterocycles. The Kier molecular flexibility index (Phi) is 8.67. The second-order valence-corrected chi connectivity index (χ2v) is 5.86. The maximum atomic E-state index is 6.04. The van der Waals surface area contributed by atoms with Crippen LogP contribution in [0.3, 0.4) is 0 Å². The van der Waals surface area contributed by atoms with E-state index in [1.165, 1.54) is 11.3 Å². The molecule has 2 N–H and O–H groups in total. The summed E-state index contributed by atoms with van der Waals surface area (Å²) in [7, 11) is 0. The smallest absolute Gasteiger partial charge is 0.0459 e. The highest BCUT2D eigenvalue weighted by Crippen LogP contribution is 2.24. The highest BCUT2D eigenvalue weighted by molar-refractivity contribution is 5.56. The van der Waals surface area contributed by atoms with Gasteiger partial charge >= 0.3 is 0 Å². The van der Waals surface area contributed by atoms with Gasteiger partial charge in [0.05, 0.1) is 0 Å². The van der Waals surface area contributed by atoms with Crippen LogP contribution < -0.4 is 5.73 Å². The first-order valence-electron chi connectivity index (χ1n) is 7.71. The van der Waals surface area contributed by atoms with Crippen LogP contribution in [-0.4, -0.2) is 36.3 Å². The lowest BCUT2D eigenvalue weighted by molar-refractivity contribution is 0.258. The Morgan fingerprint density at radius 1 is 1.45 bits per heavy atom. The van der Waals surface area contributed by atoms with Crippen molar-refractivity contribution in [3.05, 3.63) is 23.4 Å². The lowest BCUT2D eigenvalue weighted by atomic mass is 9.98. The standard InChI is InChI=1S/C15H27N3.C2H6/c1-6-17-14-7-9-18(10-8-15(4,5)16)11-13(14)12(2)3;1-2/h6H,2,7-11,16H2,1,3-5H3;1-2H3. The first-order valence-corrected chi connectivity index (χ1v) is 7.71. The van der Waals surface area contributed by atoms with Crippen LogP contribution in [-0.2, 0) is 0 Å². The third-order valence-electron chi connectivity index (χ3n) is 3.27. The Balaban J connectivity index is 0.00000172. The molecule has 0 fully saturated rings. The second-order valence-electron chi connectivity index (χ2n) is 5.86. The summed E-state index contributed by atoms with van der Waals surface area (Å²) in [6.45, 7) is 19.3. The normalized spacial score (nSPS) is 17.1. The molecule has 0 saturated carbocycles. The Bertz CT molecular complexity index is 359. The fourth-order valence-electron chi connectivity index (χ4n) is 2.13. The van der Waals surface area contributed by atoms with Crippen LogP contribution in [0.15, 0.2) is 28.4 Å². The van der Waals surface area contributed by atoms with E-state index in [-0.39, 0.29) is 5.54 Å². The third-order valence-corrected chi connectivity index (χ3v) is 3.27. The molecule has 0 atom stereocenters. The van der Waals surface area contributed by atoms with Crippen LogP contribution in [0.2, 0.25) is 0 Å². The molecule has 1 heterocycles. The van der Waals surface area contributed by atoms with Crippen molar-refractivity contribution in [2.24, 2.45) is 10.7 Å². The fourth-order valence-corrected chi connectivity index (χ4v) is 2.13. The zero-order valence-corrected chi connectivity index (χ0v) is 14.3. The molecule has 116 valence electrons. The number of hydrogen-bond acceptors (Lipinski definition) is 3. The summed E-state index contributed by atoms with van der Waals surface area (Å²) >= 11 is 0. The zero-order valence-electron chi connectivity index (χ0n) is 14.3. The molecule has 0 aromatic carbocycles. The van der Waals surface area contributed by atoms with Gasteiger partial charge in [-0.15, -0.1) is 0 Å². The molecule has 0 aromatic rings. The van der Waals surface area contributed by atoms with Crippen LogP contribution in [0.25, 0.3) is 0 Å². The van der Waals surface area contributed by atoms with Gasteiger partial charge < -0.3 is 5.73 Å². The first kappa shape index (κ1) is 19.1. The molecule has 1 aliphatic heterocycles. The monoisotopic (exact) mass is 279 g/mol. The molecule has 1 aliphatic rings. The predicted octanol–water partition coefficient (Wildman–Crippen LogP) is 3.77. The van der Waals surface area contributed by atoms with Gasteiger partial charge in [0.25, 0.3) is 0 Å². The first-order chi connectivity index (χ1) is 9.33. The summed E-state index contributed by atoms with van der Waals surface area (Å²) in [5.41, 5.74) is 9.59. The Morgan fingerprint density at radius 2 is 2.05 bits per heavy atom. The van der Waals surface area contributed by atoms with Crippen molar-refractivity contribution in [3.8, 4) is 0 Å². The summed E-state index contributed by atoms with van der Waals surface area (Å²) in [5.74, 6) is 0. The van der Waals surface area contributed by atoms with Gasteiger partial charge in [-0.25, -0.2) is 0 Å². The average molecular weight is 279 g/mol. The Morgan fingerprint density at radius 3 is 2.50 bits per heavy atom. The van der Waals surface area contributed by atoms with Crippen LogP contribution in [0.5, 0.6) is 0 Å². The topological polar surface area (TPSA) is 41.6 Å². The average Bonchev–Trinajstić information content (AvgIpc) is 2.39. The van der Waals surface area contributed by atoms with Gasteiger partial charge in [-0.2, -0.15) is 0 Å². The zero-order chi connectivity index (χ0) is 15.8. The minimum Gasteiger partial charge on any atom is -0.326 e. The van der Waals surface area contributed by atoms with Crippen molar-refractivity contribution in [3.63, 3.8) is 0 Å². The molecule has 0 bridgehead atoms. The van der Waals surface area contributed by atoms with Gasteiger partial charge in [0.2, 0.25) is 0 Å². The second kappa shape index (κ2) is 9.09. The third kappa shape index (κ3) is 7.01. The number of hydrogen-bond donors (Lipinski definition) is 1. The summed E-state index contributed by atoms with van der Waals surface area (Å²) in [6.07, 6.45) is 3.90. The molecule has 0 aliphatic carbocycles. The maximum Gasteiger partial charge on any atom is 0.0459 e. The van der Waals surface area contributed by atoms with Crippen LogP contribution >= 0.6 is 0 Å². The lowest BCUT2D eigenvalue weighted by Gasteiger charge is -2.31. The molecule has 0 aromatic heterocycles. The number of rotatable bonds is 5. The van der Waals surface area contributed by atoms with Gasteiger partial charge in [-0.1, -0.05) is 26.0 Å². The summed E-state index contributed by atoms with van der Waals surface area (Å²) in [5, 5.41) is 0. The van der Waals surface area contributed by atoms with Crippen molar-refractivity contribution in [1.82, 2.24) is 4.90 Å². The fraction of sp³-hybridized carbons (Fsp3) is 0.706. The maximum absolute atomic E-state index is 6.04. The summed E-state index contributed by atoms with van der Waals surface area (Å²) in [6, 6.07) is 0. The lowest BCUT2D eigenvalue weighted by Crippen LogP contribution is -2.39. The van der Waals surface area contributed by atoms with Crippen molar-refractivity contribution in [1.29, 1.82) is 0 Å². The van der Waals surface area contributed by atoms with E-state index in [2.05, 4.69) is 37.2 Å². The SMILES string of the molecule is C=C(C)C1=C(N=CC)CCN(CCC(C)(C)N)C1.CC. The molecule has 20 heavy (non-hydrogen) atoms. The van der Waals surface area contributed by atoms with Crippen molar-refractivity contribution >= 4 is 6.21 Å². The molecule has 3 heteroatoms. The summed E-state index contributed by atoms with van der Waals surface area (Å²) < 4.78 is 0. The molecule has 3 nitrogen and oxygen atoms in total. The molecule has 0 unspecified atom stereocenters. The van der Waals surface area contributed by atoms with Crippen LogP contribution in [0.4, 0.5) is 0 Å². The quantitative estimate of drug-likeness (QED) is 0.778. The largest absolute Gasteiger partial charge is 0.326 e. The van der Waals surface area contributed by atoms with Crippen LogP contribution in [0, 0.1) is 0 Å². The van der Waals surface area contributed by atoms with Gasteiger partial charge in [0, 0.05) is 43.5 Å². The molecule has 1 rings (SSSR count). The van der Waals surface area contributed by atoms with Crippen molar-refractivity contribution in [2.45, 2.75) is 59.9 Å². The Labute approximate surface area is 125 Å². The van der Waals surface area contributed by atoms with Crippen molar-refractivity contribution in [2.75, 3.05) is 19.6 Å². The Hall–Kier alpha value is -0.930. The van der Waals surface area contributed by atoms with E-state index in [1.807, 2.05) is 27.0 Å². The number of nitrogens with zero attached hydrogens (tertiary/aromatic N) is 2. The van der Waals surface area contributed by atoms with E-state index in [9.17, 15) is 0 Å².